The van der Waals surface area contributed by atoms with Crippen molar-refractivity contribution in [2.24, 2.45) is 0 Å². The summed E-state index contributed by atoms with van der Waals surface area (Å²) in [6, 6.07) is 4.42. The lowest BCUT2D eigenvalue weighted by Crippen LogP contribution is -2.13. The van der Waals surface area contributed by atoms with E-state index in [0.717, 1.165) is 5.56 Å². The summed E-state index contributed by atoms with van der Waals surface area (Å²) >= 11 is 9.19. The summed E-state index contributed by atoms with van der Waals surface area (Å²) in [5.41, 5.74) is 0.788. The van der Waals surface area contributed by atoms with Gasteiger partial charge in [-0.15, -0.1) is 0 Å². The third-order valence-electron chi connectivity index (χ3n) is 2.74. The highest BCUT2D eigenvalue weighted by Gasteiger charge is 2.16. The summed E-state index contributed by atoms with van der Waals surface area (Å²) in [7, 11) is 0. The maximum absolute atomic E-state index is 13.1. The van der Waals surface area contributed by atoms with Crippen LogP contribution in [0.15, 0.2) is 28.7 Å². The average molecular weight is 379 g/mol. The Kier molecular flexibility index (Phi) is 4.58. The first-order valence-electron chi connectivity index (χ1n) is 5.71. The predicted octanol–water partition coefficient (Wildman–Crippen LogP) is 5.08. The lowest BCUT2D eigenvalue weighted by atomic mass is 10.1. The number of carbonyl (C=O) groups excluding carboxylic acids is 1. The van der Waals surface area contributed by atoms with Gasteiger partial charge >= 0.3 is 0 Å². The number of hydrogen-bond donors (Lipinski definition) is 1. The molecule has 0 heterocycles. The quantitative estimate of drug-likeness (QED) is 0.726. The Hall–Kier alpha value is -1.53. The Morgan fingerprint density at radius 1 is 1.14 bits per heavy atom. The highest BCUT2D eigenvalue weighted by atomic mass is 79.9. The van der Waals surface area contributed by atoms with E-state index >= 15 is 0 Å². The number of anilines is 1. The fourth-order valence-electron chi connectivity index (χ4n) is 1.62. The zero-order chi connectivity index (χ0) is 15.7. The fourth-order valence-corrected chi connectivity index (χ4v) is 2.34. The lowest BCUT2D eigenvalue weighted by Gasteiger charge is -2.10. The van der Waals surface area contributed by atoms with Crippen molar-refractivity contribution in [2.45, 2.75) is 6.92 Å². The molecule has 0 aliphatic carbocycles. The van der Waals surface area contributed by atoms with Crippen LogP contribution < -0.4 is 5.32 Å². The Bertz CT molecular complexity index is 713. The smallest absolute Gasteiger partial charge is 0.255 e. The summed E-state index contributed by atoms with van der Waals surface area (Å²) in [6.07, 6.45) is 0. The summed E-state index contributed by atoms with van der Waals surface area (Å²) in [6.45, 7) is 1.78. The molecule has 2 aromatic carbocycles. The molecule has 0 aromatic heterocycles. The van der Waals surface area contributed by atoms with Gasteiger partial charge in [-0.05, 0) is 52.7 Å². The third-order valence-corrected chi connectivity index (χ3v) is 3.81. The second-order valence-electron chi connectivity index (χ2n) is 4.29. The summed E-state index contributed by atoms with van der Waals surface area (Å²) in [5.74, 6) is -5.26. The molecule has 0 atom stereocenters. The van der Waals surface area contributed by atoms with E-state index in [-0.39, 0.29) is 5.56 Å². The van der Waals surface area contributed by atoms with E-state index < -0.39 is 23.4 Å². The van der Waals surface area contributed by atoms with Gasteiger partial charge in [0.25, 0.3) is 5.91 Å². The zero-order valence-electron chi connectivity index (χ0n) is 10.6. The molecular formula is C14H8BrClF3NO. The summed E-state index contributed by atoms with van der Waals surface area (Å²) < 4.78 is 39.6. The van der Waals surface area contributed by atoms with Gasteiger partial charge in [-0.3, -0.25) is 4.79 Å². The molecule has 0 bridgehead atoms. The molecule has 0 fully saturated rings. The number of halogens is 5. The van der Waals surface area contributed by atoms with Crippen LogP contribution in [0.4, 0.5) is 18.9 Å². The van der Waals surface area contributed by atoms with Crippen molar-refractivity contribution in [2.75, 3.05) is 5.32 Å². The van der Waals surface area contributed by atoms with Crippen LogP contribution in [0.3, 0.4) is 0 Å². The van der Waals surface area contributed by atoms with Crippen molar-refractivity contribution in [3.8, 4) is 0 Å². The maximum Gasteiger partial charge on any atom is 0.255 e. The molecule has 2 aromatic rings. The normalized spacial score (nSPS) is 10.6. The van der Waals surface area contributed by atoms with E-state index in [0.29, 0.717) is 27.3 Å². The SMILES string of the molecule is Cc1cc(Br)c(NC(=O)c2cc(F)c(F)c(F)c2)cc1Cl. The average Bonchev–Trinajstić information content (AvgIpc) is 2.41. The number of benzene rings is 2. The Morgan fingerprint density at radius 3 is 2.29 bits per heavy atom. The second kappa shape index (κ2) is 6.07. The number of amides is 1. The van der Waals surface area contributed by atoms with Crippen LogP contribution in [0.1, 0.15) is 15.9 Å². The Balaban J connectivity index is 2.32. The van der Waals surface area contributed by atoms with E-state index in [1.54, 1.807) is 13.0 Å². The molecule has 2 rings (SSSR count). The van der Waals surface area contributed by atoms with E-state index in [9.17, 15) is 18.0 Å². The van der Waals surface area contributed by atoms with Crippen molar-refractivity contribution >= 4 is 39.1 Å². The van der Waals surface area contributed by atoms with Crippen LogP contribution in [-0.4, -0.2) is 5.91 Å². The fraction of sp³-hybridized carbons (Fsp3) is 0.0714. The molecule has 0 aliphatic rings. The van der Waals surface area contributed by atoms with Gasteiger partial charge in [-0.2, -0.15) is 0 Å². The molecule has 21 heavy (non-hydrogen) atoms. The maximum atomic E-state index is 13.1. The zero-order valence-corrected chi connectivity index (χ0v) is 12.9. The summed E-state index contributed by atoms with van der Waals surface area (Å²) in [4.78, 5) is 11.9. The van der Waals surface area contributed by atoms with E-state index in [4.69, 9.17) is 11.6 Å². The Labute approximate surface area is 132 Å². The number of hydrogen-bond acceptors (Lipinski definition) is 1. The van der Waals surface area contributed by atoms with E-state index in [1.807, 2.05) is 0 Å². The molecule has 0 unspecified atom stereocenters. The van der Waals surface area contributed by atoms with Gasteiger partial charge in [0.1, 0.15) is 0 Å². The standard InChI is InChI=1S/C14H8BrClF3NO/c1-6-2-8(15)12(5-9(6)16)20-14(21)7-3-10(17)13(19)11(18)4-7/h2-5H,1H3,(H,20,21). The molecule has 0 saturated heterocycles. The summed E-state index contributed by atoms with van der Waals surface area (Å²) in [5, 5.41) is 2.86. The van der Waals surface area contributed by atoms with Crippen LogP contribution >= 0.6 is 27.5 Å². The molecule has 7 heteroatoms. The molecule has 0 saturated carbocycles. The van der Waals surface area contributed by atoms with Crippen LogP contribution in [0.25, 0.3) is 0 Å². The van der Waals surface area contributed by atoms with Crippen molar-refractivity contribution in [1.82, 2.24) is 0 Å². The third kappa shape index (κ3) is 3.39. The van der Waals surface area contributed by atoms with Gasteiger partial charge < -0.3 is 5.32 Å². The first kappa shape index (κ1) is 15.9. The van der Waals surface area contributed by atoms with Crippen LogP contribution in [-0.2, 0) is 0 Å². The molecule has 110 valence electrons. The van der Waals surface area contributed by atoms with Crippen molar-refractivity contribution in [3.05, 3.63) is 62.3 Å². The number of rotatable bonds is 2. The topological polar surface area (TPSA) is 29.1 Å². The van der Waals surface area contributed by atoms with Gasteiger partial charge in [-0.25, -0.2) is 13.2 Å². The molecule has 0 aliphatic heterocycles. The first-order valence-corrected chi connectivity index (χ1v) is 6.88. The van der Waals surface area contributed by atoms with Crippen molar-refractivity contribution in [1.29, 1.82) is 0 Å². The van der Waals surface area contributed by atoms with E-state index in [2.05, 4.69) is 21.2 Å². The second-order valence-corrected chi connectivity index (χ2v) is 5.55. The number of carbonyl (C=O) groups is 1. The van der Waals surface area contributed by atoms with Crippen LogP contribution in [0.5, 0.6) is 0 Å². The highest BCUT2D eigenvalue weighted by molar-refractivity contribution is 9.10. The molecular weight excluding hydrogens is 371 g/mol. The predicted molar refractivity (Wildman–Crippen MR) is 78.2 cm³/mol. The van der Waals surface area contributed by atoms with Crippen LogP contribution in [0.2, 0.25) is 5.02 Å². The van der Waals surface area contributed by atoms with Gasteiger partial charge in [-0.1, -0.05) is 11.6 Å². The number of nitrogens with one attached hydrogen (secondary N) is 1. The first-order chi connectivity index (χ1) is 9.79. The van der Waals surface area contributed by atoms with Gasteiger partial charge in [0.2, 0.25) is 0 Å². The van der Waals surface area contributed by atoms with Gasteiger partial charge in [0, 0.05) is 15.1 Å². The molecule has 1 N–H and O–H groups in total. The molecule has 2 nitrogen and oxygen atoms in total. The number of aryl methyl sites for hydroxylation is 1. The van der Waals surface area contributed by atoms with Crippen molar-refractivity contribution < 1.29 is 18.0 Å². The van der Waals surface area contributed by atoms with Gasteiger partial charge in [0.15, 0.2) is 17.5 Å². The van der Waals surface area contributed by atoms with E-state index in [1.165, 1.54) is 6.07 Å². The highest BCUT2D eigenvalue weighted by Crippen LogP contribution is 2.29. The largest absolute Gasteiger partial charge is 0.321 e. The molecule has 1 amide bonds. The minimum absolute atomic E-state index is 0.334. The monoisotopic (exact) mass is 377 g/mol. The van der Waals surface area contributed by atoms with Crippen LogP contribution in [0, 0.1) is 24.4 Å². The van der Waals surface area contributed by atoms with Gasteiger partial charge in [0.05, 0.1) is 5.69 Å². The lowest BCUT2D eigenvalue weighted by molar-refractivity contribution is 0.102. The molecule has 0 spiro atoms. The minimum atomic E-state index is -1.62. The molecule has 0 radical (unpaired) electrons. The Morgan fingerprint density at radius 2 is 1.71 bits per heavy atom. The minimum Gasteiger partial charge on any atom is -0.321 e. The van der Waals surface area contributed by atoms with Crippen molar-refractivity contribution in [3.63, 3.8) is 0 Å².